The molecule has 1 saturated heterocycles. The van der Waals surface area contributed by atoms with Crippen LogP contribution in [0.3, 0.4) is 0 Å². The number of hydrogen-bond acceptors (Lipinski definition) is 2. The molecule has 0 radical (unpaired) electrons. The number of carbonyl (C=O) groups is 1. The molecule has 4 nitrogen and oxygen atoms in total. The number of aliphatic imine (C=N–C) groups is 1. The van der Waals surface area contributed by atoms with Crippen molar-refractivity contribution in [1.29, 1.82) is 0 Å². The van der Waals surface area contributed by atoms with Crippen LogP contribution in [-0.2, 0) is 10.3 Å². The highest BCUT2D eigenvalue weighted by molar-refractivity contribution is 6.09. The van der Waals surface area contributed by atoms with Crippen LogP contribution < -0.4 is 10.6 Å². The van der Waals surface area contributed by atoms with E-state index in [1.165, 1.54) is 0 Å². The molecular formula is C14H19N3O. The van der Waals surface area contributed by atoms with Gasteiger partial charge in [-0.05, 0) is 33.3 Å². The fraction of sp³-hybridized carbons (Fsp3) is 0.429. The van der Waals surface area contributed by atoms with Gasteiger partial charge in [-0.25, -0.2) is 0 Å². The van der Waals surface area contributed by atoms with E-state index in [0.717, 1.165) is 16.7 Å². The second-order valence-electron chi connectivity index (χ2n) is 4.90. The maximum Gasteiger partial charge on any atom is 0.256 e. The molecule has 1 amide bonds. The summed E-state index contributed by atoms with van der Waals surface area (Å²) in [6, 6.07) is 6.17. The quantitative estimate of drug-likeness (QED) is 0.831. The summed E-state index contributed by atoms with van der Waals surface area (Å²) in [5.41, 5.74) is 2.55. The van der Waals surface area contributed by atoms with E-state index in [1.807, 2.05) is 39.8 Å². The molecule has 0 bridgehead atoms. The second kappa shape index (κ2) is 4.44. The highest BCUT2D eigenvalue weighted by Crippen LogP contribution is 2.26. The first-order valence-corrected chi connectivity index (χ1v) is 6.18. The summed E-state index contributed by atoms with van der Waals surface area (Å²) < 4.78 is 0. The van der Waals surface area contributed by atoms with Gasteiger partial charge in [0.2, 0.25) is 0 Å². The van der Waals surface area contributed by atoms with Crippen molar-refractivity contribution in [2.45, 2.75) is 33.2 Å². The van der Waals surface area contributed by atoms with Crippen molar-refractivity contribution in [3.8, 4) is 0 Å². The van der Waals surface area contributed by atoms with Gasteiger partial charge in [-0.2, -0.15) is 0 Å². The Morgan fingerprint density at radius 3 is 2.39 bits per heavy atom. The lowest BCUT2D eigenvalue weighted by atomic mass is 9.90. The summed E-state index contributed by atoms with van der Waals surface area (Å²) in [6.45, 7) is 8.54. The molecule has 0 spiro atoms. The van der Waals surface area contributed by atoms with E-state index in [-0.39, 0.29) is 5.91 Å². The SMILES string of the molecule is CCN=C1NC(=O)C(C)(c2cc(C)cc(C)c2)N1. The van der Waals surface area contributed by atoms with E-state index in [1.54, 1.807) is 0 Å². The maximum atomic E-state index is 12.1. The predicted molar refractivity (Wildman–Crippen MR) is 72.5 cm³/mol. The van der Waals surface area contributed by atoms with E-state index in [9.17, 15) is 4.79 Å². The number of nitrogens with zero attached hydrogens (tertiary/aromatic N) is 1. The molecular weight excluding hydrogens is 226 g/mol. The summed E-state index contributed by atoms with van der Waals surface area (Å²) in [7, 11) is 0. The van der Waals surface area contributed by atoms with Gasteiger partial charge in [-0.3, -0.25) is 15.1 Å². The van der Waals surface area contributed by atoms with Gasteiger partial charge in [0.05, 0.1) is 0 Å². The molecule has 1 aromatic carbocycles. The molecule has 1 atom stereocenters. The molecule has 1 aliphatic heterocycles. The number of benzene rings is 1. The van der Waals surface area contributed by atoms with Crippen LogP contribution in [0.4, 0.5) is 0 Å². The molecule has 2 N–H and O–H groups in total. The van der Waals surface area contributed by atoms with Crippen molar-refractivity contribution >= 4 is 11.9 Å². The van der Waals surface area contributed by atoms with Gasteiger partial charge in [-0.15, -0.1) is 0 Å². The average Bonchev–Trinajstić information content (AvgIpc) is 2.55. The summed E-state index contributed by atoms with van der Waals surface area (Å²) in [4.78, 5) is 16.4. The zero-order valence-corrected chi connectivity index (χ0v) is 11.3. The summed E-state index contributed by atoms with van der Waals surface area (Å²) in [5, 5.41) is 5.96. The van der Waals surface area contributed by atoms with Crippen LogP contribution >= 0.6 is 0 Å². The lowest BCUT2D eigenvalue weighted by Crippen LogP contribution is -2.40. The minimum Gasteiger partial charge on any atom is -0.338 e. The number of rotatable bonds is 2. The number of aryl methyl sites for hydroxylation is 2. The summed E-state index contributed by atoms with van der Waals surface area (Å²) in [5.74, 6) is 0.504. The molecule has 1 unspecified atom stereocenters. The zero-order chi connectivity index (χ0) is 13.3. The van der Waals surface area contributed by atoms with Crippen LogP contribution in [-0.4, -0.2) is 18.4 Å². The number of amides is 1. The van der Waals surface area contributed by atoms with Crippen LogP contribution in [0.2, 0.25) is 0 Å². The van der Waals surface area contributed by atoms with Crippen molar-refractivity contribution in [3.63, 3.8) is 0 Å². The molecule has 1 aromatic rings. The minimum atomic E-state index is -0.731. The lowest BCUT2D eigenvalue weighted by Gasteiger charge is -2.22. The lowest BCUT2D eigenvalue weighted by molar-refractivity contribution is -0.123. The molecule has 0 aromatic heterocycles. The van der Waals surface area contributed by atoms with Gasteiger partial charge in [0.25, 0.3) is 5.91 Å². The number of hydrogen-bond donors (Lipinski definition) is 2. The molecule has 4 heteroatoms. The molecule has 18 heavy (non-hydrogen) atoms. The minimum absolute atomic E-state index is 0.0558. The van der Waals surface area contributed by atoms with Gasteiger partial charge in [0.15, 0.2) is 5.96 Å². The van der Waals surface area contributed by atoms with Crippen molar-refractivity contribution < 1.29 is 4.79 Å². The van der Waals surface area contributed by atoms with Crippen molar-refractivity contribution in [3.05, 3.63) is 34.9 Å². The summed E-state index contributed by atoms with van der Waals surface area (Å²) >= 11 is 0. The second-order valence-corrected chi connectivity index (χ2v) is 4.90. The first kappa shape index (κ1) is 12.6. The predicted octanol–water partition coefficient (Wildman–Crippen LogP) is 1.61. The molecule has 1 fully saturated rings. The van der Waals surface area contributed by atoms with E-state index >= 15 is 0 Å². The number of carbonyl (C=O) groups excluding carboxylic acids is 1. The Morgan fingerprint density at radius 1 is 1.22 bits per heavy atom. The Labute approximate surface area is 108 Å². The van der Waals surface area contributed by atoms with Crippen LogP contribution in [0.15, 0.2) is 23.2 Å². The van der Waals surface area contributed by atoms with Crippen LogP contribution in [0.25, 0.3) is 0 Å². The third-order valence-corrected chi connectivity index (χ3v) is 3.17. The van der Waals surface area contributed by atoms with Crippen LogP contribution in [0, 0.1) is 13.8 Å². The topological polar surface area (TPSA) is 53.5 Å². The smallest absolute Gasteiger partial charge is 0.256 e. The third-order valence-electron chi connectivity index (χ3n) is 3.17. The molecule has 0 saturated carbocycles. The summed E-state index contributed by atoms with van der Waals surface area (Å²) in [6.07, 6.45) is 0. The Hall–Kier alpha value is -1.84. The standard InChI is InChI=1S/C14H19N3O/c1-5-15-13-16-12(18)14(4,17-13)11-7-9(2)6-10(3)8-11/h6-8H,5H2,1-4H3,(H2,15,16,17,18). The fourth-order valence-electron chi connectivity index (χ4n) is 2.26. The number of nitrogens with one attached hydrogen (secondary N) is 2. The monoisotopic (exact) mass is 245 g/mol. The molecule has 2 rings (SSSR count). The van der Waals surface area contributed by atoms with Crippen LogP contribution in [0.1, 0.15) is 30.5 Å². The Balaban J connectivity index is 2.42. The van der Waals surface area contributed by atoms with Gasteiger partial charge in [0, 0.05) is 6.54 Å². The van der Waals surface area contributed by atoms with E-state index in [4.69, 9.17) is 0 Å². The van der Waals surface area contributed by atoms with Gasteiger partial charge in [0.1, 0.15) is 5.54 Å². The van der Waals surface area contributed by atoms with E-state index in [0.29, 0.717) is 12.5 Å². The Kier molecular flexibility index (Phi) is 3.11. The normalized spacial score (nSPS) is 25.1. The van der Waals surface area contributed by atoms with Gasteiger partial charge < -0.3 is 5.32 Å². The fourth-order valence-corrected chi connectivity index (χ4v) is 2.26. The Morgan fingerprint density at radius 2 is 1.83 bits per heavy atom. The molecule has 96 valence electrons. The Bertz CT molecular complexity index is 502. The van der Waals surface area contributed by atoms with Crippen LogP contribution in [0.5, 0.6) is 0 Å². The first-order chi connectivity index (χ1) is 8.45. The van der Waals surface area contributed by atoms with E-state index < -0.39 is 5.54 Å². The third kappa shape index (κ3) is 2.10. The van der Waals surface area contributed by atoms with Gasteiger partial charge >= 0.3 is 0 Å². The number of guanidine groups is 1. The van der Waals surface area contributed by atoms with Crippen molar-refractivity contribution in [1.82, 2.24) is 10.6 Å². The first-order valence-electron chi connectivity index (χ1n) is 6.18. The highest BCUT2D eigenvalue weighted by atomic mass is 16.2. The average molecular weight is 245 g/mol. The maximum absolute atomic E-state index is 12.1. The van der Waals surface area contributed by atoms with Gasteiger partial charge in [-0.1, -0.05) is 29.3 Å². The van der Waals surface area contributed by atoms with Crippen molar-refractivity contribution in [2.24, 2.45) is 4.99 Å². The van der Waals surface area contributed by atoms with Crippen molar-refractivity contribution in [2.75, 3.05) is 6.54 Å². The highest BCUT2D eigenvalue weighted by Gasteiger charge is 2.42. The van der Waals surface area contributed by atoms with E-state index in [2.05, 4.69) is 21.7 Å². The largest absolute Gasteiger partial charge is 0.338 e. The molecule has 1 aliphatic rings. The molecule has 1 heterocycles. The zero-order valence-electron chi connectivity index (χ0n) is 11.3. The molecule has 0 aliphatic carbocycles.